The molecule has 0 aromatic heterocycles. The normalized spacial score (nSPS) is 23.1. The zero-order valence-corrected chi connectivity index (χ0v) is 13.8. The molecule has 1 aliphatic rings. The van der Waals surface area contributed by atoms with E-state index >= 15 is 0 Å². The summed E-state index contributed by atoms with van der Waals surface area (Å²) < 4.78 is 50.9. The van der Waals surface area contributed by atoms with Gasteiger partial charge >= 0.3 is 0 Å². The molecule has 1 fully saturated rings. The Labute approximate surface area is 135 Å². The van der Waals surface area contributed by atoms with Crippen LogP contribution in [0.4, 0.5) is 4.39 Å². The van der Waals surface area contributed by atoms with Crippen LogP contribution in [-0.2, 0) is 19.5 Å². The molecule has 1 saturated heterocycles. The van der Waals surface area contributed by atoms with Crippen molar-refractivity contribution in [2.24, 2.45) is 5.92 Å². The van der Waals surface area contributed by atoms with Crippen LogP contribution in [0, 0.1) is 11.7 Å². The number of methoxy groups -OCH3 is 1. The number of hydrogen-bond donors (Lipinski definition) is 1. The molecule has 0 bridgehead atoms. The number of nitrogens with zero attached hydrogens (tertiary/aromatic N) is 1. The Morgan fingerprint density at radius 1 is 1.30 bits per heavy atom. The van der Waals surface area contributed by atoms with Crippen molar-refractivity contribution >= 4 is 10.0 Å². The predicted octanol–water partition coefficient (Wildman–Crippen LogP) is 0.860. The molecule has 2 atom stereocenters. The Bertz CT molecular complexity index is 610. The van der Waals surface area contributed by atoms with Gasteiger partial charge in [-0.05, 0) is 24.5 Å². The fourth-order valence-electron chi connectivity index (χ4n) is 2.65. The van der Waals surface area contributed by atoms with E-state index in [9.17, 15) is 17.9 Å². The molecule has 8 heteroatoms. The molecule has 0 aliphatic carbocycles. The Hall–Kier alpha value is -1.06. The van der Waals surface area contributed by atoms with E-state index in [-0.39, 0.29) is 36.6 Å². The maximum atomic E-state index is 13.9. The Kier molecular flexibility index (Phi) is 6.49. The summed E-state index contributed by atoms with van der Waals surface area (Å²) in [5, 5.41) is 9.41. The summed E-state index contributed by atoms with van der Waals surface area (Å²) in [6, 6.07) is 5.29. The number of piperidine rings is 1. The van der Waals surface area contributed by atoms with Gasteiger partial charge in [-0.15, -0.1) is 0 Å². The fourth-order valence-corrected chi connectivity index (χ4v) is 4.26. The third-order valence-corrected chi connectivity index (χ3v) is 5.68. The average Bonchev–Trinajstić information content (AvgIpc) is 2.55. The second kappa shape index (κ2) is 8.16. The second-order valence-electron chi connectivity index (χ2n) is 5.52. The van der Waals surface area contributed by atoms with Gasteiger partial charge in [-0.25, -0.2) is 12.8 Å². The first kappa shape index (κ1) is 18.3. The minimum atomic E-state index is -3.96. The first-order valence-electron chi connectivity index (χ1n) is 7.45. The Morgan fingerprint density at radius 3 is 2.70 bits per heavy atom. The van der Waals surface area contributed by atoms with E-state index < -0.39 is 15.8 Å². The van der Waals surface area contributed by atoms with Gasteiger partial charge in [0.15, 0.2) is 0 Å². The van der Waals surface area contributed by atoms with Crippen molar-refractivity contribution in [3.05, 3.63) is 30.1 Å². The minimum Gasteiger partial charge on any atom is -0.396 e. The summed E-state index contributed by atoms with van der Waals surface area (Å²) in [5.41, 5.74) is 0. The van der Waals surface area contributed by atoms with E-state index in [0.29, 0.717) is 19.6 Å². The van der Waals surface area contributed by atoms with Crippen LogP contribution in [0.3, 0.4) is 0 Å². The number of aliphatic hydroxyl groups excluding tert-OH is 1. The van der Waals surface area contributed by atoms with E-state index in [1.165, 1.54) is 22.5 Å². The van der Waals surface area contributed by atoms with E-state index in [4.69, 9.17) is 9.47 Å². The van der Waals surface area contributed by atoms with Gasteiger partial charge in [-0.2, -0.15) is 4.31 Å². The molecule has 1 aliphatic heterocycles. The summed E-state index contributed by atoms with van der Waals surface area (Å²) in [6.07, 6.45) is 0.210. The quantitative estimate of drug-likeness (QED) is 0.741. The van der Waals surface area contributed by atoms with Gasteiger partial charge in [0.25, 0.3) is 0 Å². The Balaban J connectivity index is 2.17. The summed E-state index contributed by atoms with van der Waals surface area (Å²) in [7, 11) is -2.41. The number of halogens is 1. The number of sulfonamides is 1. The summed E-state index contributed by atoms with van der Waals surface area (Å²) in [6.45, 7) is 0.884. The van der Waals surface area contributed by atoms with E-state index in [1.807, 2.05) is 0 Å². The zero-order valence-electron chi connectivity index (χ0n) is 13.0. The molecule has 23 heavy (non-hydrogen) atoms. The van der Waals surface area contributed by atoms with Crippen molar-refractivity contribution in [1.29, 1.82) is 0 Å². The van der Waals surface area contributed by atoms with E-state index in [0.717, 1.165) is 6.07 Å². The minimum absolute atomic E-state index is 0.136. The van der Waals surface area contributed by atoms with E-state index in [1.54, 1.807) is 7.11 Å². The van der Waals surface area contributed by atoms with Crippen LogP contribution in [0.15, 0.2) is 29.2 Å². The molecule has 0 unspecified atom stereocenters. The van der Waals surface area contributed by atoms with Gasteiger partial charge in [0.2, 0.25) is 10.0 Å². The summed E-state index contributed by atoms with van der Waals surface area (Å²) in [5.74, 6) is -1.02. The second-order valence-corrected chi connectivity index (χ2v) is 7.43. The van der Waals surface area contributed by atoms with Crippen molar-refractivity contribution in [1.82, 2.24) is 4.31 Å². The summed E-state index contributed by atoms with van der Waals surface area (Å²) >= 11 is 0. The number of ether oxygens (including phenoxy) is 2. The molecular weight excluding hydrogens is 325 g/mol. The highest BCUT2D eigenvalue weighted by molar-refractivity contribution is 7.89. The number of hydrogen-bond acceptors (Lipinski definition) is 5. The van der Waals surface area contributed by atoms with Gasteiger partial charge in [0.1, 0.15) is 10.7 Å². The molecule has 1 N–H and O–H groups in total. The topological polar surface area (TPSA) is 76.1 Å². The molecule has 0 spiro atoms. The number of rotatable bonds is 7. The van der Waals surface area contributed by atoms with Gasteiger partial charge in [-0.3, -0.25) is 0 Å². The molecule has 1 heterocycles. The van der Waals surface area contributed by atoms with Crippen LogP contribution in [0.25, 0.3) is 0 Å². The molecule has 0 radical (unpaired) electrons. The van der Waals surface area contributed by atoms with Gasteiger partial charge < -0.3 is 14.6 Å². The lowest BCUT2D eigenvalue weighted by atomic mass is 9.98. The van der Waals surface area contributed by atoms with Crippen LogP contribution in [0.5, 0.6) is 0 Å². The molecule has 1 aromatic rings. The van der Waals surface area contributed by atoms with Gasteiger partial charge in [0, 0.05) is 26.8 Å². The maximum Gasteiger partial charge on any atom is 0.246 e. The van der Waals surface area contributed by atoms with Crippen LogP contribution in [0.2, 0.25) is 0 Å². The van der Waals surface area contributed by atoms with Gasteiger partial charge in [0.05, 0.1) is 19.3 Å². The maximum absolute atomic E-state index is 13.9. The molecule has 6 nitrogen and oxygen atoms in total. The van der Waals surface area contributed by atoms with Crippen molar-refractivity contribution in [2.75, 3.05) is 40.0 Å². The van der Waals surface area contributed by atoms with Crippen LogP contribution >= 0.6 is 0 Å². The van der Waals surface area contributed by atoms with Crippen LogP contribution in [-0.4, -0.2) is 64.0 Å². The van der Waals surface area contributed by atoms with Crippen molar-refractivity contribution < 1.29 is 27.4 Å². The summed E-state index contributed by atoms with van der Waals surface area (Å²) in [4.78, 5) is -0.353. The third kappa shape index (κ3) is 4.48. The fraction of sp³-hybridized carbons (Fsp3) is 0.600. The number of benzene rings is 1. The number of aliphatic hydroxyl groups is 1. The highest BCUT2D eigenvalue weighted by Crippen LogP contribution is 2.26. The van der Waals surface area contributed by atoms with Crippen LogP contribution < -0.4 is 0 Å². The molecule has 2 rings (SSSR count). The smallest absolute Gasteiger partial charge is 0.246 e. The standard InChI is InChI=1S/C15H22FNO5S/c1-21-6-7-22-13-8-12(11-18)9-17(10-13)23(19,20)15-5-3-2-4-14(15)16/h2-5,12-13,18H,6-11H2,1H3/t12-,13-/m0/s1. The highest BCUT2D eigenvalue weighted by Gasteiger charge is 2.36. The van der Waals surface area contributed by atoms with Crippen LogP contribution in [0.1, 0.15) is 6.42 Å². The van der Waals surface area contributed by atoms with Crippen molar-refractivity contribution in [3.8, 4) is 0 Å². The highest BCUT2D eigenvalue weighted by atomic mass is 32.2. The molecular formula is C15H22FNO5S. The largest absolute Gasteiger partial charge is 0.396 e. The predicted molar refractivity (Wildman–Crippen MR) is 82.0 cm³/mol. The van der Waals surface area contributed by atoms with Gasteiger partial charge in [-0.1, -0.05) is 12.1 Å². The molecule has 1 aromatic carbocycles. The van der Waals surface area contributed by atoms with Crippen molar-refractivity contribution in [2.45, 2.75) is 17.4 Å². The average molecular weight is 347 g/mol. The molecule has 130 valence electrons. The monoisotopic (exact) mass is 347 g/mol. The lowest BCUT2D eigenvalue weighted by Crippen LogP contribution is -2.48. The SMILES string of the molecule is COCCO[C@H]1C[C@H](CO)CN(S(=O)(=O)c2ccccc2F)C1. The Morgan fingerprint density at radius 2 is 2.04 bits per heavy atom. The lowest BCUT2D eigenvalue weighted by Gasteiger charge is -2.36. The first-order valence-corrected chi connectivity index (χ1v) is 8.89. The molecule has 0 amide bonds. The first-order chi connectivity index (χ1) is 11.0. The molecule has 0 saturated carbocycles. The lowest BCUT2D eigenvalue weighted by molar-refractivity contribution is -0.0265. The van der Waals surface area contributed by atoms with E-state index in [2.05, 4.69) is 0 Å². The third-order valence-electron chi connectivity index (χ3n) is 3.82. The zero-order chi connectivity index (χ0) is 16.9. The van der Waals surface area contributed by atoms with Crippen molar-refractivity contribution in [3.63, 3.8) is 0 Å².